The number of alkyl halides is 3. The van der Waals surface area contributed by atoms with Crippen LogP contribution in [0.4, 0.5) is 13.2 Å². The molecule has 1 rings (SSSR count). The van der Waals surface area contributed by atoms with Gasteiger partial charge in [0.1, 0.15) is 18.3 Å². The number of hydrogen-bond acceptors (Lipinski definition) is 3. The third kappa shape index (κ3) is 6.47. The van der Waals surface area contributed by atoms with Gasteiger partial charge in [-0.25, -0.2) is 0 Å². The van der Waals surface area contributed by atoms with Gasteiger partial charge in [0.25, 0.3) is 5.91 Å². The van der Waals surface area contributed by atoms with Gasteiger partial charge in [0, 0.05) is 5.56 Å². The van der Waals surface area contributed by atoms with Crippen molar-refractivity contribution in [2.24, 2.45) is 5.92 Å². The van der Waals surface area contributed by atoms with Gasteiger partial charge in [0.15, 0.2) is 0 Å². The SMILES string of the molecule is CCOc1ccc(C(=O)N[C@H](C(=O)NCC(F)(F)F)C(C)C)cc1. The molecule has 1 aromatic rings. The summed E-state index contributed by atoms with van der Waals surface area (Å²) in [6.45, 7) is 4.15. The minimum Gasteiger partial charge on any atom is -0.494 e. The van der Waals surface area contributed by atoms with Gasteiger partial charge < -0.3 is 15.4 Å². The van der Waals surface area contributed by atoms with Crippen molar-refractivity contribution in [1.29, 1.82) is 0 Å². The van der Waals surface area contributed by atoms with Crippen molar-refractivity contribution < 1.29 is 27.5 Å². The minimum atomic E-state index is -4.50. The molecule has 2 N–H and O–H groups in total. The predicted octanol–water partition coefficient (Wildman–Crippen LogP) is 2.52. The normalized spacial score (nSPS) is 12.6. The van der Waals surface area contributed by atoms with Crippen LogP contribution in [0.25, 0.3) is 0 Å². The van der Waals surface area contributed by atoms with E-state index >= 15 is 0 Å². The number of nitrogens with one attached hydrogen (secondary N) is 2. The van der Waals surface area contributed by atoms with Gasteiger partial charge in [-0.3, -0.25) is 9.59 Å². The summed E-state index contributed by atoms with van der Waals surface area (Å²) in [5, 5.41) is 4.25. The van der Waals surface area contributed by atoms with Gasteiger partial charge in [-0.2, -0.15) is 13.2 Å². The van der Waals surface area contributed by atoms with E-state index in [1.807, 2.05) is 6.92 Å². The second-order valence-electron chi connectivity index (χ2n) is 5.49. The molecule has 0 aromatic heterocycles. The van der Waals surface area contributed by atoms with Crippen LogP contribution >= 0.6 is 0 Å². The predicted molar refractivity (Wildman–Crippen MR) is 82.8 cm³/mol. The van der Waals surface area contributed by atoms with Crippen LogP contribution in [0.15, 0.2) is 24.3 Å². The van der Waals surface area contributed by atoms with Crippen LogP contribution in [-0.4, -0.2) is 37.2 Å². The fourth-order valence-electron chi connectivity index (χ4n) is 1.93. The smallest absolute Gasteiger partial charge is 0.405 e. The van der Waals surface area contributed by atoms with Crippen LogP contribution in [0.3, 0.4) is 0 Å². The Kier molecular flexibility index (Phi) is 7.06. The van der Waals surface area contributed by atoms with Crippen LogP contribution in [0.1, 0.15) is 31.1 Å². The molecule has 8 heteroatoms. The molecule has 134 valence electrons. The number of carbonyl (C=O) groups excluding carboxylic acids is 2. The standard InChI is InChI=1S/C16H21F3N2O3/c1-4-24-12-7-5-11(6-8-12)14(22)21-13(10(2)3)15(23)20-9-16(17,18)19/h5-8,10,13H,4,9H2,1-3H3,(H,20,23)(H,21,22)/t13-/m0/s1. The van der Waals surface area contributed by atoms with Gasteiger partial charge in [-0.05, 0) is 37.1 Å². The monoisotopic (exact) mass is 346 g/mol. The highest BCUT2D eigenvalue weighted by molar-refractivity contribution is 5.97. The lowest BCUT2D eigenvalue weighted by molar-refractivity contribution is -0.140. The number of hydrogen-bond donors (Lipinski definition) is 2. The second-order valence-corrected chi connectivity index (χ2v) is 5.49. The average molecular weight is 346 g/mol. The van der Waals surface area contributed by atoms with Crippen LogP contribution in [0.2, 0.25) is 0 Å². The molecule has 0 heterocycles. The first kappa shape index (κ1) is 19.8. The van der Waals surface area contributed by atoms with Crippen molar-refractivity contribution in [1.82, 2.24) is 10.6 Å². The number of rotatable bonds is 7. The molecule has 0 unspecified atom stereocenters. The molecule has 0 spiro atoms. The average Bonchev–Trinajstić information content (AvgIpc) is 2.50. The molecular weight excluding hydrogens is 325 g/mol. The fraction of sp³-hybridized carbons (Fsp3) is 0.500. The highest BCUT2D eigenvalue weighted by Crippen LogP contribution is 2.14. The first-order chi connectivity index (χ1) is 11.1. The molecule has 0 fully saturated rings. The van der Waals surface area contributed by atoms with Crippen LogP contribution < -0.4 is 15.4 Å². The number of benzene rings is 1. The number of amides is 2. The Hall–Kier alpha value is -2.25. The van der Waals surface area contributed by atoms with Gasteiger partial charge >= 0.3 is 6.18 Å². The zero-order chi connectivity index (χ0) is 18.3. The Bertz CT molecular complexity index is 557. The highest BCUT2D eigenvalue weighted by atomic mass is 19.4. The van der Waals surface area contributed by atoms with E-state index < -0.39 is 30.6 Å². The zero-order valence-corrected chi connectivity index (χ0v) is 13.7. The molecule has 24 heavy (non-hydrogen) atoms. The van der Waals surface area contributed by atoms with Gasteiger partial charge in [-0.15, -0.1) is 0 Å². The Morgan fingerprint density at radius 2 is 1.75 bits per heavy atom. The molecule has 0 aliphatic heterocycles. The van der Waals surface area contributed by atoms with E-state index in [1.54, 1.807) is 31.3 Å². The largest absolute Gasteiger partial charge is 0.494 e. The maximum Gasteiger partial charge on any atom is 0.405 e. The molecule has 0 bridgehead atoms. The molecule has 0 aliphatic carbocycles. The minimum absolute atomic E-state index is 0.285. The molecule has 0 aliphatic rings. The summed E-state index contributed by atoms with van der Waals surface area (Å²) in [6, 6.07) is 5.18. The summed E-state index contributed by atoms with van der Waals surface area (Å²) in [4.78, 5) is 24.1. The number of carbonyl (C=O) groups is 2. The van der Waals surface area contributed by atoms with Crippen molar-refractivity contribution in [3.8, 4) is 5.75 Å². The maximum atomic E-state index is 12.2. The van der Waals surface area contributed by atoms with E-state index in [9.17, 15) is 22.8 Å². The Labute approximate surface area is 138 Å². The van der Waals surface area contributed by atoms with E-state index in [-0.39, 0.29) is 11.5 Å². The molecule has 5 nitrogen and oxygen atoms in total. The van der Waals surface area contributed by atoms with Crippen molar-refractivity contribution in [2.45, 2.75) is 33.0 Å². The van der Waals surface area contributed by atoms with Crippen molar-refractivity contribution >= 4 is 11.8 Å². The van der Waals surface area contributed by atoms with Crippen molar-refractivity contribution in [3.63, 3.8) is 0 Å². The molecule has 0 saturated heterocycles. The lowest BCUT2D eigenvalue weighted by Crippen LogP contribution is -2.51. The van der Waals surface area contributed by atoms with Crippen LogP contribution in [0.5, 0.6) is 5.75 Å². The highest BCUT2D eigenvalue weighted by Gasteiger charge is 2.31. The van der Waals surface area contributed by atoms with E-state index in [2.05, 4.69) is 5.32 Å². The van der Waals surface area contributed by atoms with E-state index in [1.165, 1.54) is 12.1 Å². The summed E-state index contributed by atoms with van der Waals surface area (Å²) >= 11 is 0. The summed E-state index contributed by atoms with van der Waals surface area (Å²) in [5.74, 6) is -1.19. The van der Waals surface area contributed by atoms with Crippen molar-refractivity contribution in [2.75, 3.05) is 13.2 Å². The van der Waals surface area contributed by atoms with E-state index in [0.717, 1.165) is 0 Å². The van der Waals surface area contributed by atoms with Crippen LogP contribution in [0, 0.1) is 5.92 Å². The first-order valence-electron chi connectivity index (χ1n) is 7.52. The number of halogens is 3. The Morgan fingerprint density at radius 3 is 2.21 bits per heavy atom. The Morgan fingerprint density at radius 1 is 1.17 bits per heavy atom. The van der Waals surface area contributed by atoms with Crippen molar-refractivity contribution in [3.05, 3.63) is 29.8 Å². The molecule has 1 atom stereocenters. The lowest BCUT2D eigenvalue weighted by atomic mass is 10.0. The van der Waals surface area contributed by atoms with E-state index in [0.29, 0.717) is 12.4 Å². The quantitative estimate of drug-likeness (QED) is 0.797. The molecule has 0 saturated carbocycles. The topological polar surface area (TPSA) is 67.4 Å². The maximum absolute atomic E-state index is 12.2. The third-order valence-electron chi connectivity index (χ3n) is 3.13. The summed E-state index contributed by atoms with van der Waals surface area (Å²) in [6.07, 6.45) is -4.50. The summed E-state index contributed by atoms with van der Waals surface area (Å²) in [5.41, 5.74) is 0.285. The first-order valence-corrected chi connectivity index (χ1v) is 7.52. The Balaban J connectivity index is 2.73. The number of ether oxygens (including phenoxy) is 1. The lowest BCUT2D eigenvalue weighted by Gasteiger charge is -2.22. The second kappa shape index (κ2) is 8.56. The van der Waals surface area contributed by atoms with E-state index in [4.69, 9.17) is 4.74 Å². The molecule has 1 aromatic carbocycles. The zero-order valence-electron chi connectivity index (χ0n) is 13.7. The van der Waals surface area contributed by atoms with Gasteiger partial charge in [0.2, 0.25) is 5.91 Å². The summed E-state index contributed by atoms with van der Waals surface area (Å²) in [7, 11) is 0. The summed E-state index contributed by atoms with van der Waals surface area (Å²) < 4.78 is 41.8. The van der Waals surface area contributed by atoms with Gasteiger partial charge in [-0.1, -0.05) is 13.8 Å². The molecule has 2 amide bonds. The molecular formula is C16H21F3N2O3. The fourth-order valence-corrected chi connectivity index (χ4v) is 1.93. The molecule has 0 radical (unpaired) electrons. The third-order valence-corrected chi connectivity index (χ3v) is 3.13. The van der Waals surface area contributed by atoms with Crippen LogP contribution in [-0.2, 0) is 4.79 Å². The van der Waals surface area contributed by atoms with Gasteiger partial charge in [0.05, 0.1) is 6.61 Å².